The van der Waals surface area contributed by atoms with E-state index in [1.807, 2.05) is 6.92 Å². The third-order valence-electron chi connectivity index (χ3n) is 3.53. The van der Waals surface area contributed by atoms with Crippen LogP contribution in [0.1, 0.15) is 26.2 Å². The number of hydrogen-bond acceptors (Lipinski definition) is 3. The minimum Gasteiger partial charge on any atom is -0.377 e. The summed E-state index contributed by atoms with van der Waals surface area (Å²) in [6.45, 7) is 2.77. The first-order valence-corrected chi connectivity index (χ1v) is 6.71. The molecule has 5 heteroatoms. The molecule has 1 fully saturated rings. The SMILES string of the molecule is CC[C@@H]1OCCC[C@H]1C(=O)Nc1ccc(=O)n(C)c1. The van der Waals surface area contributed by atoms with Crippen molar-refractivity contribution in [2.75, 3.05) is 11.9 Å². The van der Waals surface area contributed by atoms with E-state index in [1.165, 1.54) is 10.6 Å². The van der Waals surface area contributed by atoms with Gasteiger partial charge in [-0.05, 0) is 25.3 Å². The van der Waals surface area contributed by atoms with Gasteiger partial charge in [0.2, 0.25) is 11.5 Å². The largest absolute Gasteiger partial charge is 0.377 e. The number of amides is 1. The van der Waals surface area contributed by atoms with Gasteiger partial charge in [0.1, 0.15) is 0 Å². The maximum Gasteiger partial charge on any atom is 0.250 e. The smallest absolute Gasteiger partial charge is 0.250 e. The summed E-state index contributed by atoms with van der Waals surface area (Å²) in [5.41, 5.74) is 0.554. The fourth-order valence-electron chi connectivity index (χ4n) is 2.45. The fraction of sp³-hybridized carbons (Fsp3) is 0.571. The van der Waals surface area contributed by atoms with Crippen LogP contribution in [0.4, 0.5) is 5.69 Å². The quantitative estimate of drug-likeness (QED) is 0.900. The van der Waals surface area contributed by atoms with Gasteiger partial charge in [0.05, 0.1) is 17.7 Å². The number of hydrogen-bond donors (Lipinski definition) is 1. The summed E-state index contributed by atoms with van der Waals surface area (Å²) in [7, 11) is 1.66. The Bertz CT molecular complexity index is 510. The summed E-state index contributed by atoms with van der Waals surface area (Å²) in [6.07, 6.45) is 4.25. The molecule has 1 aromatic rings. The molecule has 104 valence electrons. The van der Waals surface area contributed by atoms with E-state index in [4.69, 9.17) is 4.74 Å². The molecule has 0 bridgehead atoms. The van der Waals surface area contributed by atoms with E-state index in [0.29, 0.717) is 5.69 Å². The summed E-state index contributed by atoms with van der Waals surface area (Å²) in [6, 6.07) is 3.08. The second-order valence-corrected chi connectivity index (χ2v) is 4.92. The number of aromatic nitrogens is 1. The molecule has 0 radical (unpaired) electrons. The number of ether oxygens (including phenoxy) is 1. The lowest BCUT2D eigenvalue weighted by atomic mass is 9.92. The van der Waals surface area contributed by atoms with Gasteiger partial charge < -0.3 is 14.6 Å². The molecular weight excluding hydrogens is 244 g/mol. The highest BCUT2D eigenvalue weighted by Gasteiger charge is 2.30. The van der Waals surface area contributed by atoms with Crippen LogP contribution >= 0.6 is 0 Å². The number of carbonyl (C=O) groups is 1. The number of nitrogens with one attached hydrogen (secondary N) is 1. The first-order chi connectivity index (χ1) is 9.11. The maximum absolute atomic E-state index is 12.3. The predicted octanol–water partition coefficient (Wildman–Crippen LogP) is 1.53. The molecule has 0 aromatic carbocycles. The van der Waals surface area contributed by atoms with Crippen LogP contribution in [0.3, 0.4) is 0 Å². The molecular formula is C14H20N2O3. The van der Waals surface area contributed by atoms with E-state index in [1.54, 1.807) is 19.3 Å². The summed E-state index contributed by atoms with van der Waals surface area (Å²) < 4.78 is 7.07. The Morgan fingerprint density at radius 2 is 2.32 bits per heavy atom. The predicted molar refractivity (Wildman–Crippen MR) is 73.1 cm³/mol. The van der Waals surface area contributed by atoms with Gasteiger partial charge >= 0.3 is 0 Å². The second kappa shape index (κ2) is 6.02. The molecule has 0 unspecified atom stereocenters. The molecule has 0 saturated carbocycles. The normalized spacial score (nSPS) is 23.1. The van der Waals surface area contributed by atoms with E-state index >= 15 is 0 Å². The van der Waals surface area contributed by atoms with Crippen molar-refractivity contribution in [1.29, 1.82) is 0 Å². The van der Waals surface area contributed by atoms with Crippen molar-refractivity contribution in [3.63, 3.8) is 0 Å². The summed E-state index contributed by atoms with van der Waals surface area (Å²) in [5, 5.41) is 2.87. The second-order valence-electron chi connectivity index (χ2n) is 4.92. The van der Waals surface area contributed by atoms with Crippen LogP contribution < -0.4 is 10.9 Å². The first kappa shape index (κ1) is 13.8. The van der Waals surface area contributed by atoms with Crippen LogP contribution in [0.15, 0.2) is 23.1 Å². The van der Waals surface area contributed by atoms with E-state index in [0.717, 1.165) is 25.9 Å². The topological polar surface area (TPSA) is 60.3 Å². The number of nitrogens with zero attached hydrogens (tertiary/aromatic N) is 1. The lowest BCUT2D eigenvalue weighted by Gasteiger charge is -2.30. The molecule has 1 aromatic heterocycles. The number of rotatable bonds is 3. The van der Waals surface area contributed by atoms with Crippen molar-refractivity contribution in [1.82, 2.24) is 4.57 Å². The average Bonchev–Trinajstić information content (AvgIpc) is 2.43. The van der Waals surface area contributed by atoms with Gasteiger partial charge in [0.25, 0.3) is 0 Å². The zero-order valence-electron chi connectivity index (χ0n) is 11.4. The van der Waals surface area contributed by atoms with Gasteiger partial charge in [-0.2, -0.15) is 0 Å². The van der Waals surface area contributed by atoms with Crippen LogP contribution in [-0.4, -0.2) is 23.2 Å². The molecule has 1 aliphatic rings. The van der Waals surface area contributed by atoms with Gasteiger partial charge in [-0.25, -0.2) is 0 Å². The molecule has 1 N–H and O–H groups in total. The molecule has 1 aliphatic heterocycles. The summed E-state index contributed by atoms with van der Waals surface area (Å²) in [4.78, 5) is 23.5. The van der Waals surface area contributed by atoms with Crippen LogP contribution in [0, 0.1) is 5.92 Å². The van der Waals surface area contributed by atoms with Crippen molar-refractivity contribution < 1.29 is 9.53 Å². The maximum atomic E-state index is 12.3. The van der Waals surface area contributed by atoms with E-state index < -0.39 is 0 Å². The van der Waals surface area contributed by atoms with Gasteiger partial charge in [0.15, 0.2) is 0 Å². The first-order valence-electron chi connectivity index (χ1n) is 6.71. The number of aryl methyl sites for hydroxylation is 1. The van der Waals surface area contributed by atoms with Gasteiger partial charge in [-0.3, -0.25) is 9.59 Å². The molecule has 2 atom stereocenters. The van der Waals surface area contributed by atoms with Crippen LogP contribution in [0.2, 0.25) is 0 Å². The Balaban J connectivity index is 2.07. The lowest BCUT2D eigenvalue weighted by molar-refractivity contribution is -0.129. The van der Waals surface area contributed by atoms with Crippen molar-refractivity contribution in [2.24, 2.45) is 13.0 Å². The molecule has 5 nitrogen and oxygen atoms in total. The van der Waals surface area contributed by atoms with Crippen molar-refractivity contribution in [2.45, 2.75) is 32.3 Å². The highest BCUT2D eigenvalue weighted by atomic mass is 16.5. The third kappa shape index (κ3) is 3.23. The van der Waals surface area contributed by atoms with Gasteiger partial charge in [-0.1, -0.05) is 6.92 Å². The average molecular weight is 264 g/mol. The zero-order chi connectivity index (χ0) is 13.8. The van der Waals surface area contributed by atoms with Crippen molar-refractivity contribution in [3.05, 3.63) is 28.7 Å². The monoisotopic (exact) mass is 264 g/mol. The van der Waals surface area contributed by atoms with Crippen LogP contribution in [0.5, 0.6) is 0 Å². The standard InChI is InChI=1S/C14H20N2O3/c1-3-12-11(5-4-8-19-12)14(18)15-10-6-7-13(17)16(2)9-10/h6-7,9,11-12H,3-5,8H2,1-2H3,(H,15,18)/t11-,12+/m1/s1. The molecule has 2 heterocycles. The molecule has 0 aliphatic carbocycles. The Labute approximate surface area is 112 Å². The van der Waals surface area contributed by atoms with Gasteiger partial charge in [0, 0.05) is 25.9 Å². The summed E-state index contributed by atoms with van der Waals surface area (Å²) in [5.74, 6) is -0.124. The number of pyridine rings is 1. The molecule has 0 spiro atoms. The third-order valence-corrected chi connectivity index (χ3v) is 3.53. The minimum absolute atomic E-state index is 0.00119. The minimum atomic E-state index is -0.101. The van der Waals surface area contributed by atoms with Crippen LogP contribution in [-0.2, 0) is 16.6 Å². The molecule has 19 heavy (non-hydrogen) atoms. The lowest BCUT2D eigenvalue weighted by Crippen LogP contribution is -2.38. The number of anilines is 1. The Kier molecular flexibility index (Phi) is 4.37. The van der Waals surface area contributed by atoms with E-state index in [-0.39, 0.29) is 23.5 Å². The molecule has 2 rings (SSSR count). The number of carbonyl (C=O) groups excluding carboxylic acids is 1. The van der Waals surface area contributed by atoms with Crippen molar-refractivity contribution in [3.8, 4) is 0 Å². The fourth-order valence-corrected chi connectivity index (χ4v) is 2.45. The van der Waals surface area contributed by atoms with Crippen LogP contribution in [0.25, 0.3) is 0 Å². The zero-order valence-corrected chi connectivity index (χ0v) is 11.4. The Morgan fingerprint density at radius 3 is 3.00 bits per heavy atom. The van der Waals surface area contributed by atoms with E-state index in [2.05, 4.69) is 5.32 Å². The van der Waals surface area contributed by atoms with E-state index in [9.17, 15) is 9.59 Å². The Hall–Kier alpha value is -1.62. The summed E-state index contributed by atoms with van der Waals surface area (Å²) >= 11 is 0. The molecule has 1 amide bonds. The van der Waals surface area contributed by atoms with Gasteiger partial charge in [-0.15, -0.1) is 0 Å². The highest BCUT2D eigenvalue weighted by Crippen LogP contribution is 2.24. The Morgan fingerprint density at radius 1 is 1.53 bits per heavy atom. The molecule has 1 saturated heterocycles. The highest BCUT2D eigenvalue weighted by molar-refractivity contribution is 5.92. The van der Waals surface area contributed by atoms with Crippen molar-refractivity contribution >= 4 is 11.6 Å².